The molecule has 0 aliphatic carbocycles. The Morgan fingerprint density at radius 1 is 0.579 bits per heavy atom. The summed E-state index contributed by atoms with van der Waals surface area (Å²) in [5, 5.41) is 0.845. The summed E-state index contributed by atoms with van der Waals surface area (Å²) in [6.45, 7) is 19.0. The summed E-state index contributed by atoms with van der Waals surface area (Å²) in [5.74, 6) is 0.653. The van der Waals surface area contributed by atoms with Gasteiger partial charge in [-0.3, -0.25) is 0 Å². The van der Waals surface area contributed by atoms with Gasteiger partial charge < -0.3 is 0 Å². The summed E-state index contributed by atoms with van der Waals surface area (Å²) >= 11 is 11.2. The molecule has 4 aromatic rings. The molecule has 0 bridgehead atoms. The quantitative estimate of drug-likeness (QED) is 0.191. The van der Waals surface area contributed by atoms with Gasteiger partial charge in [0.2, 0.25) is 0 Å². The largest absolute Gasteiger partial charge is 0.0590 e. The van der Waals surface area contributed by atoms with Crippen LogP contribution in [0.5, 0.6) is 0 Å². The molecule has 3 aromatic carbocycles. The molecular weight excluding hydrogens is 643 g/mol. The van der Waals surface area contributed by atoms with Crippen LogP contribution >= 0.6 is 42.6 Å². The van der Waals surface area contributed by atoms with Crippen molar-refractivity contribution < 1.29 is 13.5 Å². The molecule has 0 amide bonds. The van der Waals surface area contributed by atoms with Crippen molar-refractivity contribution in [1.29, 1.82) is 0 Å². The van der Waals surface area contributed by atoms with E-state index in [-0.39, 0.29) is 0 Å². The molecule has 206 valence electrons. The van der Waals surface area contributed by atoms with Crippen molar-refractivity contribution in [2.75, 3.05) is 0 Å². The first-order valence-corrected chi connectivity index (χ1v) is 18.6. The Morgan fingerprint density at radius 3 is 1.21 bits per heavy atom. The van der Waals surface area contributed by atoms with Gasteiger partial charge in [-0.25, -0.2) is 0 Å². The number of hydrogen-bond donors (Lipinski definition) is 0. The van der Waals surface area contributed by atoms with Gasteiger partial charge in [-0.2, -0.15) is 0 Å². The number of aromatic nitrogens is 2. The van der Waals surface area contributed by atoms with E-state index in [1.807, 2.05) is 9.13 Å². The summed E-state index contributed by atoms with van der Waals surface area (Å²) in [5.41, 5.74) is 11.5. The van der Waals surface area contributed by atoms with Gasteiger partial charge >= 0.3 is 190 Å². The molecule has 0 unspecified atom stereocenters. The van der Waals surface area contributed by atoms with Crippen LogP contribution in [0.25, 0.3) is 11.4 Å². The van der Waals surface area contributed by atoms with Crippen LogP contribution in [0.2, 0.25) is 10.3 Å². The smallest absolute Gasteiger partial charge is 0.0219 e. The van der Waals surface area contributed by atoms with Crippen LogP contribution in [0.15, 0.2) is 48.5 Å². The van der Waals surface area contributed by atoms with Crippen molar-refractivity contribution >= 4 is 42.6 Å². The van der Waals surface area contributed by atoms with E-state index in [1.165, 1.54) is 22.3 Å². The molecule has 0 saturated carbocycles. The van der Waals surface area contributed by atoms with Crippen molar-refractivity contribution in [2.45, 2.75) is 68.2 Å². The van der Waals surface area contributed by atoms with Crippen LogP contribution in [-0.4, -0.2) is 9.13 Å². The summed E-state index contributed by atoms with van der Waals surface area (Å²) in [6.07, 6.45) is 0. The number of halogens is 4. The van der Waals surface area contributed by atoms with Crippen LogP contribution in [0.4, 0.5) is 0 Å². The predicted molar refractivity (Wildman–Crippen MR) is 164 cm³/mol. The molecule has 0 spiro atoms. The molecule has 0 atom stereocenters. The van der Waals surface area contributed by atoms with Gasteiger partial charge in [-0.1, -0.05) is 43.7 Å². The monoisotopic (exact) mass is 678 g/mol. The third kappa shape index (κ3) is 6.68. The second-order valence-electron chi connectivity index (χ2n) is 10.3. The number of rotatable bonds is 3. The van der Waals surface area contributed by atoms with E-state index in [1.54, 1.807) is 0 Å². The van der Waals surface area contributed by atoms with E-state index < -0.39 is 13.5 Å². The summed E-state index contributed by atoms with van der Waals surface area (Å²) in [6, 6.07) is 17.2. The van der Waals surface area contributed by atoms with Gasteiger partial charge in [-0.15, -0.1) is 0 Å². The van der Waals surface area contributed by atoms with E-state index >= 15 is 0 Å². The van der Waals surface area contributed by atoms with Crippen molar-refractivity contribution in [3.8, 4) is 11.4 Å². The minimum atomic E-state index is -2.41. The Balaban J connectivity index is 0.000000336. The Labute approximate surface area is 250 Å². The zero-order valence-corrected chi connectivity index (χ0v) is 28.2. The van der Waals surface area contributed by atoms with Crippen molar-refractivity contribution in [3.05, 3.63) is 107 Å². The topological polar surface area (TPSA) is 9.86 Å². The van der Waals surface area contributed by atoms with Gasteiger partial charge in [0.15, 0.2) is 0 Å². The number of hydrogen-bond acceptors (Lipinski definition) is 0. The zero-order valence-electron chi connectivity index (χ0n) is 23.5. The first kappa shape index (κ1) is 31.2. The molecule has 0 aliphatic rings. The molecule has 4 rings (SSSR count). The molecular formula is C31H36Cl4N2Ru. The molecule has 2 nitrogen and oxygen atoms in total. The van der Waals surface area contributed by atoms with E-state index in [0.717, 1.165) is 37.6 Å². The molecule has 0 N–H and O–H groups in total. The van der Waals surface area contributed by atoms with Crippen molar-refractivity contribution in [2.24, 2.45) is 0 Å². The van der Waals surface area contributed by atoms with Gasteiger partial charge in [-0.05, 0) is 18.4 Å². The van der Waals surface area contributed by atoms with E-state index in [2.05, 4.69) is 111 Å². The fourth-order valence-corrected chi connectivity index (χ4v) is 8.44. The third-order valence-corrected chi connectivity index (χ3v) is 10.1. The Bertz CT molecular complexity index is 1410. The maximum atomic E-state index is 6.78. The SMILES string of the molecule is Cc1cc(C)c(-n2c(Cl)c(Cl)n(-c3c(C)cc(C)cc3C)[c]2=[Ru]([Cl])[Cl])c(C)c1.Cc1ccc(C(C)C)cc1. The van der Waals surface area contributed by atoms with Crippen molar-refractivity contribution in [3.63, 3.8) is 0 Å². The minimum Gasteiger partial charge on any atom is -0.0590 e. The molecule has 0 radical (unpaired) electrons. The Kier molecular flexibility index (Phi) is 10.6. The summed E-state index contributed by atoms with van der Waals surface area (Å²) in [7, 11) is 13.2. The van der Waals surface area contributed by atoms with Crippen LogP contribution in [-0.2, 0) is 13.5 Å². The Hall–Kier alpha value is -1.35. The predicted octanol–water partition coefficient (Wildman–Crippen LogP) is 11.0. The maximum absolute atomic E-state index is 6.78. The summed E-state index contributed by atoms with van der Waals surface area (Å²) < 4.78 is 4.63. The fraction of sp³-hybridized carbons (Fsp3) is 0.323. The molecule has 1 aromatic heterocycles. The number of aryl methyl sites for hydroxylation is 7. The van der Waals surface area contributed by atoms with Crippen molar-refractivity contribution in [1.82, 2.24) is 9.13 Å². The zero-order chi connectivity index (χ0) is 28.5. The first-order valence-electron chi connectivity index (χ1n) is 12.5. The Morgan fingerprint density at radius 2 is 0.921 bits per heavy atom. The van der Waals surface area contributed by atoms with Gasteiger partial charge in [0.05, 0.1) is 0 Å². The van der Waals surface area contributed by atoms with Gasteiger partial charge in [0.25, 0.3) is 0 Å². The third-order valence-electron chi connectivity index (χ3n) is 6.50. The second-order valence-corrected chi connectivity index (χ2v) is 16.6. The van der Waals surface area contributed by atoms with Gasteiger partial charge in [0.1, 0.15) is 0 Å². The van der Waals surface area contributed by atoms with E-state index in [4.69, 9.17) is 42.6 Å². The molecule has 0 fully saturated rings. The fourth-order valence-electron chi connectivity index (χ4n) is 4.94. The number of benzene rings is 3. The first-order chi connectivity index (χ1) is 17.7. The molecule has 38 heavy (non-hydrogen) atoms. The average molecular weight is 680 g/mol. The molecule has 1 heterocycles. The maximum Gasteiger partial charge on any atom is -0.0219 e. The van der Waals surface area contributed by atoms with Crippen LogP contribution in [0.3, 0.4) is 0 Å². The molecule has 7 heteroatoms. The van der Waals surface area contributed by atoms with E-state index in [9.17, 15) is 0 Å². The standard InChI is InChI=1S/C21H22Cl2N2.C10H14.2ClH.Ru/c1-12-7-14(3)18(15(4)8-12)24-11-25(21(23)20(24)22)19-16(5)9-13(2)10-17(19)6;1-8(2)10-6-4-9(3)5-7-10;;;/h7-10H,1-6H3;4-8H,1-3H3;2*1H;/q;;;;+2/p-2. The molecule has 0 aliphatic heterocycles. The number of nitrogens with zero attached hydrogens (tertiary/aromatic N) is 2. The van der Waals surface area contributed by atoms with Crippen LogP contribution < -0.4 is 0 Å². The molecule has 0 saturated heterocycles. The van der Waals surface area contributed by atoms with Gasteiger partial charge in [0, 0.05) is 0 Å². The second kappa shape index (κ2) is 12.9. The minimum absolute atomic E-state index is 0.422. The number of imidazole rings is 1. The van der Waals surface area contributed by atoms with Crippen LogP contribution in [0, 0.1) is 52.5 Å². The van der Waals surface area contributed by atoms with Crippen LogP contribution in [0.1, 0.15) is 64.3 Å². The average Bonchev–Trinajstić information content (AvgIpc) is 3.04. The van der Waals surface area contributed by atoms with E-state index in [0.29, 0.717) is 16.2 Å². The normalized spacial score (nSPS) is 11.5. The summed E-state index contributed by atoms with van der Waals surface area (Å²) in [4.78, 5) is 0.